The molecule has 2 heterocycles. The van der Waals surface area contributed by atoms with E-state index in [1.807, 2.05) is 7.05 Å². The zero-order chi connectivity index (χ0) is 18.9. The van der Waals surface area contributed by atoms with Crippen LogP contribution in [0.5, 0.6) is 5.75 Å². The van der Waals surface area contributed by atoms with Crippen LogP contribution in [0, 0.1) is 0 Å². The summed E-state index contributed by atoms with van der Waals surface area (Å²) in [7, 11) is 4.05. The van der Waals surface area contributed by atoms with Crippen molar-refractivity contribution in [1.29, 1.82) is 0 Å². The summed E-state index contributed by atoms with van der Waals surface area (Å²) >= 11 is 0. The molecule has 0 atom stereocenters. The first-order valence-electron chi connectivity index (χ1n) is 10.3. The molecule has 27 heavy (non-hydrogen) atoms. The van der Waals surface area contributed by atoms with E-state index < -0.39 is 0 Å². The summed E-state index contributed by atoms with van der Waals surface area (Å²) in [5.41, 5.74) is 2.70. The van der Waals surface area contributed by atoms with E-state index in [9.17, 15) is 0 Å². The van der Waals surface area contributed by atoms with Crippen molar-refractivity contribution in [3.05, 3.63) is 29.3 Å². The van der Waals surface area contributed by atoms with Crippen LogP contribution in [0.4, 0.5) is 0 Å². The predicted octanol–water partition coefficient (Wildman–Crippen LogP) is 1.36. The Labute approximate surface area is 164 Å². The standard InChI is InChI=1S/C21H35N5O/c1-22-21(23-9-3-4-11-26-14-12-25(2)13-15-26)24-10-7-18-5-6-20-19(17-18)8-16-27-20/h5-6,17H,3-4,7-16H2,1-2H3,(H2,22,23,24). The Hall–Kier alpha value is -1.79. The van der Waals surface area contributed by atoms with Gasteiger partial charge in [0, 0.05) is 52.7 Å². The van der Waals surface area contributed by atoms with Crippen LogP contribution < -0.4 is 15.4 Å². The number of benzene rings is 1. The molecule has 1 saturated heterocycles. The number of hydrogen-bond donors (Lipinski definition) is 2. The number of fused-ring (bicyclic) bond motifs is 1. The smallest absolute Gasteiger partial charge is 0.190 e. The topological polar surface area (TPSA) is 52.1 Å². The zero-order valence-corrected chi connectivity index (χ0v) is 17.0. The van der Waals surface area contributed by atoms with Gasteiger partial charge < -0.3 is 25.2 Å². The molecule has 2 aliphatic heterocycles. The van der Waals surface area contributed by atoms with Gasteiger partial charge in [-0.3, -0.25) is 4.99 Å². The number of likely N-dealkylation sites (N-methyl/N-ethyl adjacent to an activating group) is 1. The molecule has 2 aliphatic rings. The van der Waals surface area contributed by atoms with Crippen LogP contribution >= 0.6 is 0 Å². The lowest BCUT2D eigenvalue weighted by Gasteiger charge is -2.32. The summed E-state index contributed by atoms with van der Waals surface area (Å²) < 4.78 is 5.57. The number of unbranched alkanes of at least 4 members (excludes halogenated alkanes) is 1. The van der Waals surface area contributed by atoms with Gasteiger partial charge in [-0.1, -0.05) is 12.1 Å². The molecule has 1 aromatic rings. The SMILES string of the molecule is CN=C(NCCCCN1CCN(C)CC1)NCCc1ccc2c(c1)CCO2. The van der Waals surface area contributed by atoms with Gasteiger partial charge in [-0.05, 0) is 50.0 Å². The third kappa shape index (κ3) is 6.40. The molecule has 0 radical (unpaired) electrons. The molecule has 1 fully saturated rings. The third-order valence-electron chi connectivity index (χ3n) is 5.47. The van der Waals surface area contributed by atoms with Crippen molar-refractivity contribution >= 4 is 5.96 Å². The van der Waals surface area contributed by atoms with Crippen LogP contribution in [0.1, 0.15) is 24.0 Å². The van der Waals surface area contributed by atoms with E-state index in [2.05, 4.69) is 50.7 Å². The highest BCUT2D eigenvalue weighted by molar-refractivity contribution is 5.79. The average molecular weight is 374 g/mol. The van der Waals surface area contributed by atoms with Gasteiger partial charge >= 0.3 is 0 Å². The molecule has 0 amide bonds. The van der Waals surface area contributed by atoms with Gasteiger partial charge in [0.05, 0.1) is 6.61 Å². The first-order valence-corrected chi connectivity index (χ1v) is 10.3. The number of rotatable bonds is 8. The highest BCUT2D eigenvalue weighted by atomic mass is 16.5. The Bertz CT molecular complexity index is 611. The molecule has 6 nitrogen and oxygen atoms in total. The number of hydrogen-bond acceptors (Lipinski definition) is 4. The monoisotopic (exact) mass is 373 g/mol. The minimum absolute atomic E-state index is 0.822. The molecule has 1 aromatic carbocycles. The molecule has 6 heteroatoms. The second kappa shape index (κ2) is 10.5. The Morgan fingerprint density at radius 1 is 1.11 bits per heavy atom. The summed E-state index contributed by atoms with van der Waals surface area (Å²) in [6.45, 7) is 8.72. The summed E-state index contributed by atoms with van der Waals surface area (Å²) in [5, 5.41) is 6.86. The maximum atomic E-state index is 5.57. The van der Waals surface area contributed by atoms with Crippen molar-refractivity contribution in [2.24, 2.45) is 4.99 Å². The van der Waals surface area contributed by atoms with E-state index in [0.717, 1.165) is 44.2 Å². The van der Waals surface area contributed by atoms with E-state index in [1.54, 1.807) is 0 Å². The minimum atomic E-state index is 0.822. The molecule has 0 bridgehead atoms. The van der Waals surface area contributed by atoms with Crippen LogP contribution in [0.25, 0.3) is 0 Å². The Morgan fingerprint density at radius 2 is 1.93 bits per heavy atom. The molecule has 0 saturated carbocycles. The lowest BCUT2D eigenvalue weighted by Crippen LogP contribution is -2.44. The van der Waals surface area contributed by atoms with Crippen LogP contribution in [0.2, 0.25) is 0 Å². The van der Waals surface area contributed by atoms with E-state index in [-0.39, 0.29) is 0 Å². The van der Waals surface area contributed by atoms with E-state index in [0.29, 0.717) is 0 Å². The Kier molecular flexibility index (Phi) is 7.78. The van der Waals surface area contributed by atoms with Gasteiger partial charge in [0.25, 0.3) is 0 Å². The summed E-state index contributed by atoms with van der Waals surface area (Å²) in [6.07, 6.45) is 4.45. The van der Waals surface area contributed by atoms with Crippen LogP contribution in [-0.2, 0) is 12.8 Å². The summed E-state index contributed by atoms with van der Waals surface area (Å²) in [6, 6.07) is 6.55. The molecule has 150 valence electrons. The van der Waals surface area contributed by atoms with Gasteiger partial charge in [-0.15, -0.1) is 0 Å². The summed E-state index contributed by atoms with van der Waals surface area (Å²) in [5.74, 6) is 1.96. The maximum Gasteiger partial charge on any atom is 0.190 e. The largest absolute Gasteiger partial charge is 0.493 e. The van der Waals surface area contributed by atoms with Crippen molar-refractivity contribution in [3.8, 4) is 5.75 Å². The van der Waals surface area contributed by atoms with Crippen molar-refractivity contribution in [2.75, 3.05) is 66.5 Å². The zero-order valence-electron chi connectivity index (χ0n) is 17.0. The van der Waals surface area contributed by atoms with Crippen LogP contribution in [0.3, 0.4) is 0 Å². The second-order valence-corrected chi connectivity index (χ2v) is 7.57. The molecule has 0 unspecified atom stereocenters. The average Bonchev–Trinajstić information content (AvgIpc) is 3.15. The molecule has 0 aromatic heterocycles. The predicted molar refractivity (Wildman–Crippen MR) is 112 cm³/mol. The number of aliphatic imine (C=N–C) groups is 1. The molecular formula is C21H35N5O. The lowest BCUT2D eigenvalue weighted by atomic mass is 10.1. The molecular weight excluding hydrogens is 338 g/mol. The summed E-state index contributed by atoms with van der Waals surface area (Å²) in [4.78, 5) is 9.32. The van der Waals surface area contributed by atoms with Crippen LogP contribution in [-0.4, -0.2) is 82.3 Å². The van der Waals surface area contributed by atoms with Crippen molar-refractivity contribution in [3.63, 3.8) is 0 Å². The Morgan fingerprint density at radius 3 is 2.74 bits per heavy atom. The van der Waals surface area contributed by atoms with Crippen molar-refractivity contribution in [2.45, 2.75) is 25.7 Å². The fourth-order valence-electron chi connectivity index (χ4n) is 3.68. The lowest BCUT2D eigenvalue weighted by molar-refractivity contribution is 0.152. The van der Waals surface area contributed by atoms with Gasteiger partial charge in [0.15, 0.2) is 5.96 Å². The van der Waals surface area contributed by atoms with Gasteiger partial charge in [-0.25, -0.2) is 0 Å². The molecule has 0 aliphatic carbocycles. The number of nitrogens with one attached hydrogen (secondary N) is 2. The highest BCUT2D eigenvalue weighted by Gasteiger charge is 2.13. The molecule has 0 spiro atoms. The number of guanidine groups is 1. The Balaban J connectivity index is 1.26. The van der Waals surface area contributed by atoms with Gasteiger partial charge in [0.1, 0.15) is 5.75 Å². The second-order valence-electron chi connectivity index (χ2n) is 7.57. The third-order valence-corrected chi connectivity index (χ3v) is 5.47. The fraction of sp³-hybridized carbons (Fsp3) is 0.667. The quantitative estimate of drug-likeness (QED) is 0.409. The molecule has 2 N–H and O–H groups in total. The number of ether oxygens (including phenoxy) is 1. The number of nitrogens with zero attached hydrogens (tertiary/aromatic N) is 3. The maximum absolute atomic E-state index is 5.57. The van der Waals surface area contributed by atoms with Gasteiger partial charge in [0.2, 0.25) is 0 Å². The van der Waals surface area contributed by atoms with E-state index >= 15 is 0 Å². The first-order chi connectivity index (χ1) is 13.2. The molecule has 3 rings (SSSR count). The van der Waals surface area contributed by atoms with Crippen molar-refractivity contribution < 1.29 is 4.74 Å². The highest BCUT2D eigenvalue weighted by Crippen LogP contribution is 2.25. The van der Waals surface area contributed by atoms with Crippen molar-refractivity contribution in [1.82, 2.24) is 20.4 Å². The first kappa shape index (κ1) is 20.0. The fourth-order valence-corrected chi connectivity index (χ4v) is 3.68. The minimum Gasteiger partial charge on any atom is -0.493 e. The van der Waals surface area contributed by atoms with Crippen LogP contribution in [0.15, 0.2) is 23.2 Å². The van der Waals surface area contributed by atoms with Gasteiger partial charge in [-0.2, -0.15) is 0 Å². The van der Waals surface area contributed by atoms with E-state index in [1.165, 1.54) is 56.7 Å². The normalized spacial score (nSPS) is 18.2. The van der Waals surface area contributed by atoms with E-state index in [4.69, 9.17) is 4.74 Å². The number of piperazine rings is 1.